The van der Waals surface area contributed by atoms with Crippen LogP contribution < -0.4 is 10.1 Å². The molecule has 10 heteroatoms. The Labute approximate surface area is 158 Å². The highest BCUT2D eigenvalue weighted by atomic mass is 32.1. The zero-order valence-electron chi connectivity index (χ0n) is 14.7. The van der Waals surface area contributed by atoms with Crippen molar-refractivity contribution in [2.45, 2.75) is 13.3 Å². The minimum Gasteiger partial charge on any atom is -0.497 e. The second kappa shape index (κ2) is 8.41. The van der Waals surface area contributed by atoms with E-state index in [2.05, 4.69) is 25.9 Å². The predicted octanol–water partition coefficient (Wildman–Crippen LogP) is 2.29. The van der Waals surface area contributed by atoms with Gasteiger partial charge in [0.2, 0.25) is 5.91 Å². The van der Waals surface area contributed by atoms with Crippen LogP contribution in [0.4, 0.5) is 5.00 Å². The van der Waals surface area contributed by atoms with Gasteiger partial charge < -0.3 is 14.8 Å². The summed E-state index contributed by atoms with van der Waals surface area (Å²) in [7, 11) is 1.58. The van der Waals surface area contributed by atoms with Crippen molar-refractivity contribution in [1.29, 1.82) is 0 Å². The summed E-state index contributed by atoms with van der Waals surface area (Å²) in [5.74, 6) is 0.113. The molecule has 0 bridgehead atoms. The summed E-state index contributed by atoms with van der Waals surface area (Å²) in [5.41, 5.74) is 1.80. The SMILES string of the molecule is CCOC(=O)c1c(-c2ccc(OC)cc2)csc1NC(=O)Cc1nn[nH]n1. The van der Waals surface area contributed by atoms with Gasteiger partial charge in [-0.3, -0.25) is 4.79 Å². The number of aromatic amines is 1. The van der Waals surface area contributed by atoms with E-state index in [-0.39, 0.29) is 24.8 Å². The number of rotatable bonds is 7. The third-order valence-electron chi connectivity index (χ3n) is 3.63. The third kappa shape index (κ3) is 4.29. The number of esters is 1. The van der Waals surface area contributed by atoms with Crippen LogP contribution in [0.25, 0.3) is 11.1 Å². The molecule has 9 nitrogen and oxygen atoms in total. The van der Waals surface area contributed by atoms with Crippen LogP contribution in [-0.2, 0) is 16.0 Å². The number of carbonyl (C=O) groups excluding carboxylic acids is 2. The Kier molecular flexibility index (Phi) is 5.77. The van der Waals surface area contributed by atoms with Crippen molar-refractivity contribution in [1.82, 2.24) is 20.6 Å². The number of aromatic nitrogens is 4. The average Bonchev–Trinajstić information content (AvgIpc) is 3.32. The molecule has 0 aliphatic rings. The summed E-state index contributed by atoms with van der Waals surface area (Å²) < 4.78 is 10.3. The van der Waals surface area contributed by atoms with E-state index >= 15 is 0 Å². The number of nitrogens with zero attached hydrogens (tertiary/aromatic N) is 3. The second-order valence-corrected chi connectivity index (χ2v) is 6.24. The number of H-pyrrole nitrogens is 1. The van der Waals surface area contributed by atoms with E-state index in [1.807, 2.05) is 12.1 Å². The average molecular weight is 387 g/mol. The number of hydrogen-bond donors (Lipinski definition) is 2. The lowest BCUT2D eigenvalue weighted by Gasteiger charge is -2.09. The first-order valence-corrected chi connectivity index (χ1v) is 8.95. The molecule has 1 amide bonds. The maximum atomic E-state index is 12.5. The molecule has 2 heterocycles. The highest BCUT2D eigenvalue weighted by Gasteiger charge is 2.23. The third-order valence-corrected chi connectivity index (χ3v) is 4.53. The van der Waals surface area contributed by atoms with Crippen molar-refractivity contribution < 1.29 is 19.1 Å². The van der Waals surface area contributed by atoms with Crippen LogP contribution >= 0.6 is 11.3 Å². The maximum absolute atomic E-state index is 12.5. The van der Waals surface area contributed by atoms with Crippen LogP contribution in [-0.4, -0.2) is 46.2 Å². The topological polar surface area (TPSA) is 119 Å². The molecule has 0 unspecified atom stereocenters. The van der Waals surface area contributed by atoms with Gasteiger partial charge in [0.05, 0.1) is 20.1 Å². The molecule has 0 fully saturated rings. The smallest absolute Gasteiger partial charge is 0.341 e. The minimum atomic E-state index is -0.501. The van der Waals surface area contributed by atoms with Gasteiger partial charge in [0, 0.05) is 10.9 Å². The number of nitrogens with one attached hydrogen (secondary N) is 2. The molecule has 0 atom stereocenters. The normalized spacial score (nSPS) is 10.4. The Morgan fingerprint density at radius 2 is 2.04 bits per heavy atom. The zero-order valence-corrected chi connectivity index (χ0v) is 15.5. The minimum absolute atomic E-state index is 0.0610. The number of tetrazole rings is 1. The number of amides is 1. The Morgan fingerprint density at radius 1 is 1.26 bits per heavy atom. The van der Waals surface area contributed by atoms with Gasteiger partial charge in [-0.05, 0) is 24.6 Å². The van der Waals surface area contributed by atoms with Crippen molar-refractivity contribution in [3.05, 3.63) is 41.0 Å². The lowest BCUT2D eigenvalue weighted by Crippen LogP contribution is -2.17. The molecule has 0 aliphatic heterocycles. The van der Waals surface area contributed by atoms with E-state index in [0.717, 1.165) is 5.56 Å². The number of carbonyl (C=O) groups is 2. The first kappa shape index (κ1) is 18.5. The van der Waals surface area contributed by atoms with E-state index in [1.54, 1.807) is 31.5 Å². The van der Waals surface area contributed by atoms with Gasteiger partial charge >= 0.3 is 5.97 Å². The molecule has 0 saturated heterocycles. The molecule has 0 saturated carbocycles. The number of anilines is 1. The number of hydrogen-bond acceptors (Lipinski definition) is 8. The van der Waals surface area contributed by atoms with E-state index in [1.165, 1.54) is 11.3 Å². The highest BCUT2D eigenvalue weighted by molar-refractivity contribution is 7.15. The summed E-state index contributed by atoms with van der Waals surface area (Å²) in [4.78, 5) is 24.8. The Hall–Kier alpha value is -3.27. The zero-order chi connectivity index (χ0) is 19.2. The van der Waals surface area contributed by atoms with Gasteiger partial charge in [-0.2, -0.15) is 5.21 Å². The second-order valence-electron chi connectivity index (χ2n) is 5.36. The van der Waals surface area contributed by atoms with Crippen molar-refractivity contribution in [2.75, 3.05) is 19.0 Å². The van der Waals surface area contributed by atoms with E-state index < -0.39 is 5.97 Å². The maximum Gasteiger partial charge on any atom is 0.341 e. The molecule has 0 aliphatic carbocycles. The number of methoxy groups -OCH3 is 1. The lowest BCUT2D eigenvalue weighted by molar-refractivity contribution is -0.115. The first-order chi connectivity index (χ1) is 13.1. The Bertz CT molecular complexity index is 921. The molecular weight excluding hydrogens is 370 g/mol. The first-order valence-electron chi connectivity index (χ1n) is 8.07. The lowest BCUT2D eigenvalue weighted by atomic mass is 10.0. The van der Waals surface area contributed by atoms with Crippen molar-refractivity contribution in [3.63, 3.8) is 0 Å². The molecule has 3 aromatic rings. The quantitative estimate of drug-likeness (QED) is 0.597. The fourth-order valence-electron chi connectivity index (χ4n) is 2.41. The molecule has 27 heavy (non-hydrogen) atoms. The summed E-state index contributed by atoms with van der Waals surface area (Å²) in [5, 5.41) is 18.1. The Morgan fingerprint density at radius 3 is 2.67 bits per heavy atom. The highest BCUT2D eigenvalue weighted by Crippen LogP contribution is 2.36. The fraction of sp³-hybridized carbons (Fsp3) is 0.235. The molecule has 3 rings (SSSR count). The van der Waals surface area contributed by atoms with Crippen molar-refractivity contribution >= 4 is 28.2 Å². The van der Waals surface area contributed by atoms with Gasteiger partial charge in [0.1, 0.15) is 16.3 Å². The van der Waals surface area contributed by atoms with E-state index in [4.69, 9.17) is 9.47 Å². The van der Waals surface area contributed by atoms with Crippen LogP contribution in [0.1, 0.15) is 23.1 Å². The largest absolute Gasteiger partial charge is 0.497 e. The Balaban J connectivity index is 1.90. The molecule has 2 N–H and O–H groups in total. The van der Waals surface area contributed by atoms with Gasteiger partial charge in [0.25, 0.3) is 0 Å². The van der Waals surface area contributed by atoms with Crippen molar-refractivity contribution in [3.8, 4) is 16.9 Å². The van der Waals surface area contributed by atoms with Crippen LogP contribution in [0.2, 0.25) is 0 Å². The van der Waals surface area contributed by atoms with Crippen LogP contribution in [0.5, 0.6) is 5.75 Å². The monoisotopic (exact) mass is 387 g/mol. The molecular formula is C17H17N5O4S. The summed E-state index contributed by atoms with van der Waals surface area (Å²) in [6.07, 6.45) is -0.0610. The molecule has 2 aromatic heterocycles. The van der Waals surface area contributed by atoms with Crippen LogP contribution in [0.3, 0.4) is 0 Å². The van der Waals surface area contributed by atoms with Crippen molar-refractivity contribution in [2.24, 2.45) is 0 Å². The molecule has 1 aromatic carbocycles. The van der Waals surface area contributed by atoms with Gasteiger partial charge in [-0.25, -0.2) is 4.79 Å². The number of ether oxygens (including phenoxy) is 2. The molecule has 0 spiro atoms. The van der Waals surface area contributed by atoms with Gasteiger partial charge in [-0.15, -0.1) is 21.5 Å². The van der Waals surface area contributed by atoms with Crippen LogP contribution in [0.15, 0.2) is 29.6 Å². The van der Waals surface area contributed by atoms with E-state index in [0.29, 0.717) is 21.9 Å². The summed E-state index contributed by atoms with van der Waals surface area (Å²) in [6.45, 7) is 1.96. The summed E-state index contributed by atoms with van der Waals surface area (Å²) in [6, 6.07) is 7.29. The molecule has 0 radical (unpaired) electrons. The number of thiophene rings is 1. The standard InChI is InChI=1S/C17H17N5O4S/c1-3-26-17(24)15-12(10-4-6-11(25-2)7-5-10)9-27-16(15)18-14(23)8-13-19-21-22-20-13/h4-7,9H,3,8H2,1-2H3,(H,18,23)(H,19,20,21,22). The van der Waals surface area contributed by atoms with Gasteiger partial charge in [-0.1, -0.05) is 17.3 Å². The van der Waals surface area contributed by atoms with Gasteiger partial charge in [0.15, 0.2) is 5.82 Å². The summed E-state index contributed by atoms with van der Waals surface area (Å²) >= 11 is 1.25. The van der Waals surface area contributed by atoms with Crippen LogP contribution in [0, 0.1) is 0 Å². The number of benzene rings is 1. The predicted molar refractivity (Wildman–Crippen MR) is 98.8 cm³/mol. The fourth-order valence-corrected chi connectivity index (χ4v) is 3.38. The molecule has 140 valence electrons. The van der Waals surface area contributed by atoms with E-state index in [9.17, 15) is 9.59 Å².